The van der Waals surface area contributed by atoms with E-state index in [1.54, 1.807) is 22.2 Å². The van der Waals surface area contributed by atoms with Crippen molar-refractivity contribution in [1.29, 1.82) is 0 Å². The van der Waals surface area contributed by atoms with E-state index in [4.69, 9.17) is 0 Å². The van der Waals surface area contributed by atoms with E-state index < -0.39 is 0 Å². The molecule has 0 aliphatic carbocycles. The van der Waals surface area contributed by atoms with Gasteiger partial charge in [-0.2, -0.15) is 5.10 Å². The summed E-state index contributed by atoms with van der Waals surface area (Å²) in [5.74, 6) is 0.652. The lowest BCUT2D eigenvalue weighted by atomic mass is 9.76. The van der Waals surface area contributed by atoms with Gasteiger partial charge >= 0.3 is 0 Å². The average molecular weight is 408 g/mol. The second-order valence-corrected chi connectivity index (χ2v) is 9.09. The number of fused-ring (bicyclic) bond motifs is 1. The fraction of sp³-hybridized carbons (Fsp3) is 0.409. The molecule has 1 aromatic carbocycles. The number of aryl methyl sites for hydroxylation is 1. The fourth-order valence-electron chi connectivity index (χ4n) is 4.92. The smallest absolute Gasteiger partial charge is 0.244 e. The van der Waals surface area contributed by atoms with Gasteiger partial charge in [0.25, 0.3) is 0 Å². The van der Waals surface area contributed by atoms with Gasteiger partial charge in [-0.25, -0.2) is 4.98 Å². The van der Waals surface area contributed by atoms with Gasteiger partial charge in [0.05, 0.1) is 0 Å². The van der Waals surface area contributed by atoms with Crippen LogP contribution < -0.4 is 4.90 Å². The first kappa shape index (κ1) is 18.4. The molecule has 2 unspecified atom stereocenters. The van der Waals surface area contributed by atoms with Gasteiger partial charge < -0.3 is 9.80 Å². The number of carbonyl (C=O) groups excluding carboxylic acids is 1. The monoisotopic (exact) mass is 407 g/mol. The van der Waals surface area contributed by atoms with E-state index in [-0.39, 0.29) is 11.3 Å². The molecule has 2 aromatic heterocycles. The number of hydrogen-bond donors (Lipinski definition) is 0. The molecule has 6 nitrogen and oxygen atoms in total. The number of aromatic nitrogens is 3. The SMILES string of the molecule is O=C(Cn1cccn1)N1CC2CN(c3nccs3)CC2(CCc2ccccc2)C1. The Kier molecular flexibility index (Phi) is 4.83. The molecule has 150 valence electrons. The van der Waals surface area contributed by atoms with Crippen molar-refractivity contribution >= 4 is 22.4 Å². The van der Waals surface area contributed by atoms with Gasteiger partial charge in [0.15, 0.2) is 5.13 Å². The van der Waals surface area contributed by atoms with Gasteiger partial charge in [0.1, 0.15) is 6.54 Å². The third-order valence-corrected chi connectivity index (χ3v) is 7.24. The highest BCUT2D eigenvalue weighted by molar-refractivity contribution is 7.13. The number of likely N-dealkylation sites (tertiary alicyclic amines) is 1. The van der Waals surface area contributed by atoms with Crippen molar-refractivity contribution in [3.63, 3.8) is 0 Å². The largest absolute Gasteiger partial charge is 0.347 e. The molecule has 0 N–H and O–H groups in total. The maximum Gasteiger partial charge on any atom is 0.244 e. The Morgan fingerprint density at radius 2 is 2.03 bits per heavy atom. The van der Waals surface area contributed by atoms with Gasteiger partial charge in [-0.15, -0.1) is 11.3 Å². The number of amides is 1. The molecule has 2 atom stereocenters. The minimum atomic E-state index is 0.126. The van der Waals surface area contributed by atoms with Crippen LogP contribution >= 0.6 is 11.3 Å². The molecule has 29 heavy (non-hydrogen) atoms. The predicted molar refractivity (Wildman–Crippen MR) is 114 cm³/mol. The fourth-order valence-corrected chi connectivity index (χ4v) is 5.57. The number of nitrogens with zero attached hydrogens (tertiary/aromatic N) is 5. The molecule has 3 aromatic rings. The van der Waals surface area contributed by atoms with Gasteiger partial charge in [-0.1, -0.05) is 30.3 Å². The lowest BCUT2D eigenvalue weighted by Gasteiger charge is -2.29. The van der Waals surface area contributed by atoms with E-state index in [0.29, 0.717) is 12.5 Å². The summed E-state index contributed by atoms with van der Waals surface area (Å²) in [6.45, 7) is 3.94. The Morgan fingerprint density at radius 1 is 1.14 bits per heavy atom. The third-order valence-electron chi connectivity index (χ3n) is 6.41. The summed E-state index contributed by atoms with van der Waals surface area (Å²) in [5.41, 5.74) is 1.50. The van der Waals surface area contributed by atoms with Crippen molar-refractivity contribution in [2.24, 2.45) is 11.3 Å². The zero-order chi connectivity index (χ0) is 19.7. The normalized spacial score (nSPS) is 23.5. The highest BCUT2D eigenvalue weighted by Gasteiger charge is 2.53. The molecule has 1 amide bonds. The Hall–Kier alpha value is -2.67. The van der Waals surface area contributed by atoms with E-state index in [0.717, 1.165) is 44.2 Å². The van der Waals surface area contributed by atoms with Crippen molar-refractivity contribution < 1.29 is 4.79 Å². The molecule has 2 saturated heterocycles. The molecule has 5 rings (SSSR count). The highest BCUT2D eigenvalue weighted by Crippen LogP contribution is 2.47. The first-order valence-electron chi connectivity index (χ1n) is 10.2. The molecular weight excluding hydrogens is 382 g/mol. The number of rotatable bonds is 6. The lowest BCUT2D eigenvalue weighted by molar-refractivity contribution is -0.131. The number of anilines is 1. The quantitative estimate of drug-likeness (QED) is 0.630. The summed E-state index contributed by atoms with van der Waals surface area (Å²) in [6, 6.07) is 12.5. The van der Waals surface area contributed by atoms with Gasteiger partial charge in [-0.05, 0) is 24.5 Å². The van der Waals surface area contributed by atoms with Crippen LogP contribution in [0.2, 0.25) is 0 Å². The van der Waals surface area contributed by atoms with Gasteiger partial charge in [0.2, 0.25) is 5.91 Å². The van der Waals surface area contributed by atoms with Crippen LogP contribution in [0.3, 0.4) is 0 Å². The third kappa shape index (κ3) is 3.67. The molecule has 0 saturated carbocycles. The second-order valence-electron chi connectivity index (χ2n) is 8.22. The zero-order valence-electron chi connectivity index (χ0n) is 16.4. The second kappa shape index (κ2) is 7.63. The molecule has 2 aliphatic rings. The topological polar surface area (TPSA) is 54.3 Å². The van der Waals surface area contributed by atoms with Crippen molar-refractivity contribution in [3.8, 4) is 0 Å². The molecule has 0 bridgehead atoms. The van der Waals surface area contributed by atoms with Crippen LogP contribution in [0.5, 0.6) is 0 Å². The maximum atomic E-state index is 12.9. The van der Waals surface area contributed by atoms with Crippen LogP contribution in [-0.2, 0) is 17.8 Å². The summed E-state index contributed by atoms with van der Waals surface area (Å²) in [7, 11) is 0. The summed E-state index contributed by atoms with van der Waals surface area (Å²) in [5, 5.41) is 7.34. The number of benzene rings is 1. The molecule has 4 heterocycles. The van der Waals surface area contributed by atoms with Crippen LogP contribution in [-0.4, -0.2) is 51.8 Å². The molecule has 0 radical (unpaired) electrons. The van der Waals surface area contributed by atoms with Crippen LogP contribution in [0, 0.1) is 11.3 Å². The minimum Gasteiger partial charge on any atom is -0.347 e. The maximum absolute atomic E-state index is 12.9. The van der Waals surface area contributed by atoms with Crippen molar-refractivity contribution in [3.05, 3.63) is 65.9 Å². The van der Waals surface area contributed by atoms with E-state index in [9.17, 15) is 4.79 Å². The predicted octanol–water partition coefficient (Wildman–Crippen LogP) is 2.94. The van der Waals surface area contributed by atoms with E-state index in [2.05, 4.69) is 50.2 Å². The van der Waals surface area contributed by atoms with Crippen LogP contribution in [0.25, 0.3) is 0 Å². The zero-order valence-corrected chi connectivity index (χ0v) is 17.2. The van der Waals surface area contributed by atoms with E-state index >= 15 is 0 Å². The minimum absolute atomic E-state index is 0.126. The average Bonchev–Trinajstić information content (AvgIpc) is 3.50. The molecule has 0 spiro atoms. The Labute approximate surface area is 174 Å². The van der Waals surface area contributed by atoms with Crippen LogP contribution in [0.4, 0.5) is 5.13 Å². The summed E-state index contributed by atoms with van der Waals surface area (Å²) in [6.07, 6.45) is 7.59. The van der Waals surface area contributed by atoms with E-state index in [1.165, 1.54) is 5.56 Å². The Balaban J connectivity index is 1.33. The highest BCUT2D eigenvalue weighted by atomic mass is 32.1. The van der Waals surface area contributed by atoms with Crippen LogP contribution in [0.1, 0.15) is 12.0 Å². The molecule has 2 aliphatic heterocycles. The van der Waals surface area contributed by atoms with Crippen LogP contribution in [0.15, 0.2) is 60.4 Å². The molecule has 2 fully saturated rings. The number of carbonyl (C=O) groups is 1. The van der Waals surface area contributed by atoms with Gasteiger partial charge in [0, 0.05) is 61.5 Å². The lowest BCUT2D eigenvalue weighted by Crippen LogP contribution is -2.38. The van der Waals surface area contributed by atoms with Crippen molar-refractivity contribution in [2.45, 2.75) is 19.4 Å². The Morgan fingerprint density at radius 3 is 2.79 bits per heavy atom. The summed E-state index contributed by atoms with van der Waals surface area (Å²) < 4.78 is 1.72. The number of hydrogen-bond acceptors (Lipinski definition) is 5. The molecular formula is C22H25N5OS. The summed E-state index contributed by atoms with van der Waals surface area (Å²) in [4.78, 5) is 21.9. The first-order valence-corrected chi connectivity index (χ1v) is 11.0. The summed E-state index contributed by atoms with van der Waals surface area (Å²) >= 11 is 1.70. The van der Waals surface area contributed by atoms with E-state index in [1.807, 2.05) is 23.8 Å². The Bertz CT molecular complexity index is 943. The molecule has 7 heteroatoms. The van der Waals surface area contributed by atoms with Gasteiger partial charge in [-0.3, -0.25) is 9.48 Å². The van der Waals surface area contributed by atoms with Crippen molar-refractivity contribution in [1.82, 2.24) is 19.7 Å². The standard InChI is InChI=1S/C22H25N5OS/c28-20(15-27-11-4-9-24-27)25-13-19-14-26(21-23-10-12-29-21)17-22(19,16-25)8-7-18-5-2-1-3-6-18/h1-6,9-12,19H,7-8,13-17H2. The van der Waals surface area contributed by atoms with Crippen molar-refractivity contribution in [2.75, 3.05) is 31.1 Å². The number of thiazole rings is 1. The first-order chi connectivity index (χ1) is 14.2.